The van der Waals surface area contributed by atoms with E-state index in [1.165, 1.54) is 41.9 Å². The number of nitrogens with zero attached hydrogens (tertiary/aromatic N) is 3. The predicted molar refractivity (Wildman–Crippen MR) is 115 cm³/mol. The highest BCUT2D eigenvalue weighted by Gasteiger charge is 2.21. The van der Waals surface area contributed by atoms with Gasteiger partial charge in [0.1, 0.15) is 0 Å². The molecule has 2 heterocycles. The Labute approximate surface area is 169 Å². The molecule has 0 fully saturated rings. The second kappa shape index (κ2) is 9.65. The van der Waals surface area contributed by atoms with Gasteiger partial charge in [0.2, 0.25) is 0 Å². The molecule has 0 saturated carbocycles. The summed E-state index contributed by atoms with van der Waals surface area (Å²) >= 11 is 0. The molecule has 0 aliphatic rings. The summed E-state index contributed by atoms with van der Waals surface area (Å²) in [6, 6.07) is 15.2. The molecular weight excluding hydrogens is 344 g/mol. The number of H-pyrrole nitrogens is 1. The lowest BCUT2D eigenvalue weighted by Crippen LogP contribution is -2.41. The van der Waals surface area contributed by atoms with Crippen LogP contribution in [0.25, 0.3) is 0 Å². The lowest BCUT2D eigenvalue weighted by Gasteiger charge is -2.31. The number of aromatic amines is 1. The van der Waals surface area contributed by atoms with Gasteiger partial charge >= 0.3 is 0 Å². The molecule has 0 radical (unpaired) electrons. The number of pyridine rings is 1. The second-order valence-electron chi connectivity index (χ2n) is 8.42. The number of quaternary nitrogens is 1. The number of nitrogens with one attached hydrogen (secondary N) is 1. The Morgan fingerprint density at radius 1 is 1.00 bits per heavy atom. The average Bonchev–Trinajstić information content (AvgIpc) is 3.21. The number of imidazole rings is 1. The highest BCUT2D eigenvalue weighted by Crippen LogP contribution is 2.28. The van der Waals surface area contributed by atoms with Crippen LogP contribution >= 0.6 is 0 Å². The predicted octanol–water partition coefficient (Wildman–Crippen LogP) is 4.73. The first-order chi connectivity index (χ1) is 13.5. The van der Waals surface area contributed by atoms with Crippen LogP contribution < -0.4 is 0 Å². The number of aryl methyl sites for hydroxylation is 2. The third-order valence-corrected chi connectivity index (χ3v) is 5.56. The maximum absolute atomic E-state index is 4.67. The van der Waals surface area contributed by atoms with Gasteiger partial charge in [-0.25, -0.2) is 4.98 Å². The third-order valence-electron chi connectivity index (χ3n) is 5.56. The molecule has 3 rings (SSSR count). The Bertz CT molecular complexity index is 808. The lowest BCUT2D eigenvalue weighted by atomic mass is 9.91. The van der Waals surface area contributed by atoms with Crippen molar-refractivity contribution in [3.05, 3.63) is 83.7 Å². The molecule has 0 aliphatic carbocycles. The van der Waals surface area contributed by atoms with Crippen LogP contribution in [0.3, 0.4) is 0 Å². The van der Waals surface area contributed by atoms with Gasteiger partial charge in [-0.3, -0.25) is 4.98 Å². The molecule has 28 heavy (non-hydrogen) atoms. The van der Waals surface area contributed by atoms with Gasteiger partial charge in [-0.2, -0.15) is 0 Å². The van der Waals surface area contributed by atoms with Gasteiger partial charge in [-0.15, -0.1) is 0 Å². The molecule has 4 nitrogen and oxygen atoms in total. The first-order valence-electron chi connectivity index (χ1n) is 10.3. The van der Waals surface area contributed by atoms with Crippen molar-refractivity contribution in [1.82, 2.24) is 15.0 Å². The second-order valence-corrected chi connectivity index (χ2v) is 8.42. The highest BCUT2D eigenvalue weighted by molar-refractivity contribution is 5.30. The zero-order valence-corrected chi connectivity index (χ0v) is 17.4. The van der Waals surface area contributed by atoms with Gasteiger partial charge in [-0.05, 0) is 43.9 Å². The standard InChI is InChI=1S/C24H33N4/c1-20-10-12-21(13-11-20)23(24-9-4-6-15-26-24)14-17-28(2,3)16-7-5-8-22-18-25-19-27-22/h4,6,9-13,15,18-19,23H,5,7-8,14,16-17H2,1-3H3,(H,25,27)/q+1. The van der Waals surface area contributed by atoms with E-state index in [1.807, 2.05) is 18.5 Å². The summed E-state index contributed by atoms with van der Waals surface area (Å²) in [5.41, 5.74) is 5.07. The van der Waals surface area contributed by atoms with Crippen LogP contribution in [-0.4, -0.2) is 46.6 Å². The van der Waals surface area contributed by atoms with E-state index in [0.29, 0.717) is 5.92 Å². The fraction of sp³-hybridized carbons (Fsp3) is 0.417. The van der Waals surface area contributed by atoms with Crippen molar-refractivity contribution in [3.8, 4) is 0 Å². The normalized spacial score (nSPS) is 12.8. The van der Waals surface area contributed by atoms with Crippen LogP contribution in [-0.2, 0) is 6.42 Å². The summed E-state index contributed by atoms with van der Waals surface area (Å²) in [4.78, 5) is 12.0. The van der Waals surface area contributed by atoms with E-state index in [2.05, 4.69) is 72.4 Å². The van der Waals surface area contributed by atoms with Crippen molar-refractivity contribution < 1.29 is 4.48 Å². The van der Waals surface area contributed by atoms with E-state index in [-0.39, 0.29) is 0 Å². The monoisotopic (exact) mass is 377 g/mol. The number of benzene rings is 1. The largest absolute Gasteiger partial charge is 0.348 e. The van der Waals surface area contributed by atoms with Gasteiger partial charge in [0.05, 0.1) is 33.5 Å². The zero-order valence-electron chi connectivity index (χ0n) is 17.4. The summed E-state index contributed by atoms with van der Waals surface area (Å²) < 4.78 is 1.04. The van der Waals surface area contributed by atoms with Crippen LogP contribution in [0.5, 0.6) is 0 Å². The Hall–Kier alpha value is -2.46. The molecule has 0 aliphatic heterocycles. The maximum atomic E-state index is 4.67. The topological polar surface area (TPSA) is 41.6 Å². The van der Waals surface area contributed by atoms with Gasteiger partial charge in [0.15, 0.2) is 0 Å². The average molecular weight is 378 g/mol. The first-order valence-corrected chi connectivity index (χ1v) is 10.3. The fourth-order valence-electron chi connectivity index (χ4n) is 3.73. The molecular formula is C24H33N4+. The molecule has 148 valence electrons. The van der Waals surface area contributed by atoms with Crippen LogP contribution in [0, 0.1) is 6.92 Å². The van der Waals surface area contributed by atoms with E-state index in [1.54, 1.807) is 6.33 Å². The molecule has 4 heteroatoms. The van der Waals surface area contributed by atoms with E-state index < -0.39 is 0 Å². The van der Waals surface area contributed by atoms with Gasteiger partial charge in [0, 0.05) is 36.1 Å². The molecule has 1 N–H and O–H groups in total. The van der Waals surface area contributed by atoms with Crippen molar-refractivity contribution in [3.63, 3.8) is 0 Å². The molecule has 0 amide bonds. The van der Waals surface area contributed by atoms with Crippen LogP contribution in [0.4, 0.5) is 0 Å². The Morgan fingerprint density at radius 2 is 1.82 bits per heavy atom. The maximum Gasteiger partial charge on any atom is 0.0921 e. The Morgan fingerprint density at radius 3 is 2.50 bits per heavy atom. The molecule has 1 unspecified atom stereocenters. The molecule has 0 bridgehead atoms. The van der Waals surface area contributed by atoms with Crippen LogP contribution in [0.1, 0.15) is 47.7 Å². The molecule has 1 aromatic carbocycles. The first kappa shape index (κ1) is 20.3. The smallest absolute Gasteiger partial charge is 0.0921 e. The minimum absolute atomic E-state index is 0.351. The van der Waals surface area contributed by atoms with E-state index >= 15 is 0 Å². The minimum atomic E-state index is 0.351. The summed E-state index contributed by atoms with van der Waals surface area (Å²) in [5, 5.41) is 0. The van der Waals surface area contributed by atoms with Crippen molar-refractivity contribution in [2.24, 2.45) is 0 Å². The SMILES string of the molecule is Cc1ccc(C(CC[N+](C)(C)CCCCc2cnc[nH]2)c2ccccn2)cc1. The number of hydrogen-bond acceptors (Lipinski definition) is 2. The number of hydrogen-bond donors (Lipinski definition) is 1. The minimum Gasteiger partial charge on any atom is -0.348 e. The van der Waals surface area contributed by atoms with Crippen LogP contribution in [0.2, 0.25) is 0 Å². The van der Waals surface area contributed by atoms with E-state index in [4.69, 9.17) is 0 Å². The summed E-state index contributed by atoms with van der Waals surface area (Å²) in [7, 11) is 4.70. The zero-order chi connectivity index (χ0) is 19.8. The molecule has 0 saturated heterocycles. The number of aromatic nitrogens is 3. The van der Waals surface area contributed by atoms with Crippen molar-refractivity contribution >= 4 is 0 Å². The third kappa shape index (κ3) is 6.03. The van der Waals surface area contributed by atoms with E-state index in [0.717, 1.165) is 23.9 Å². The number of unbranched alkanes of at least 4 members (excludes halogenated alkanes) is 1. The van der Waals surface area contributed by atoms with Crippen LogP contribution in [0.15, 0.2) is 61.2 Å². The molecule has 2 aromatic heterocycles. The van der Waals surface area contributed by atoms with Crippen molar-refractivity contribution in [2.75, 3.05) is 27.2 Å². The lowest BCUT2D eigenvalue weighted by molar-refractivity contribution is -0.890. The van der Waals surface area contributed by atoms with E-state index in [9.17, 15) is 0 Å². The summed E-state index contributed by atoms with van der Waals surface area (Å²) in [5.74, 6) is 0.351. The summed E-state index contributed by atoms with van der Waals surface area (Å²) in [6.45, 7) is 4.47. The summed E-state index contributed by atoms with van der Waals surface area (Å²) in [6.07, 6.45) is 10.2. The highest BCUT2D eigenvalue weighted by atomic mass is 15.3. The van der Waals surface area contributed by atoms with Gasteiger partial charge < -0.3 is 9.47 Å². The van der Waals surface area contributed by atoms with Gasteiger partial charge in [-0.1, -0.05) is 35.9 Å². The quantitative estimate of drug-likeness (QED) is 0.410. The molecule has 0 spiro atoms. The van der Waals surface area contributed by atoms with Crippen molar-refractivity contribution in [2.45, 2.75) is 38.5 Å². The fourth-order valence-corrected chi connectivity index (χ4v) is 3.73. The Kier molecular flexibility index (Phi) is 6.99. The molecule has 1 atom stereocenters. The van der Waals surface area contributed by atoms with Gasteiger partial charge in [0.25, 0.3) is 0 Å². The Balaban J connectivity index is 1.58. The number of rotatable bonds is 10. The molecule has 3 aromatic rings. The van der Waals surface area contributed by atoms with Crippen molar-refractivity contribution in [1.29, 1.82) is 0 Å².